The molecule has 0 aromatic heterocycles. The molecule has 2 atom stereocenters. The van der Waals surface area contributed by atoms with Crippen LogP contribution in [0.25, 0.3) is 0 Å². The van der Waals surface area contributed by atoms with Crippen molar-refractivity contribution in [1.82, 2.24) is 4.90 Å². The SMILES string of the molecule is COc1cc(Br)c(C2C(CN)CCN2C)cc1OC. The molecule has 1 heterocycles. The Balaban J connectivity index is 2.43. The Kier molecular flexibility index (Phi) is 4.71. The van der Waals surface area contributed by atoms with Crippen molar-refractivity contribution in [3.05, 3.63) is 22.2 Å². The Morgan fingerprint density at radius 3 is 2.53 bits per heavy atom. The molecule has 0 radical (unpaired) electrons. The van der Waals surface area contributed by atoms with Gasteiger partial charge in [0.1, 0.15) is 0 Å². The molecule has 1 aliphatic heterocycles. The number of halogens is 1. The van der Waals surface area contributed by atoms with Crippen LogP contribution in [0.5, 0.6) is 11.5 Å². The summed E-state index contributed by atoms with van der Waals surface area (Å²) in [7, 11) is 5.45. The highest BCUT2D eigenvalue weighted by atomic mass is 79.9. The molecular formula is C14H21BrN2O2. The first-order valence-electron chi connectivity index (χ1n) is 6.44. The van der Waals surface area contributed by atoms with Gasteiger partial charge in [0.25, 0.3) is 0 Å². The number of methoxy groups -OCH3 is 2. The van der Waals surface area contributed by atoms with Crippen LogP contribution in [0.4, 0.5) is 0 Å². The summed E-state index contributed by atoms with van der Waals surface area (Å²) in [6.45, 7) is 1.78. The lowest BCUT2D eigenvalue weighted by Crippen LogP contribution is -2.25. The maximum Gasteiger partial charge on any atom is 0.161 e. The normalized spacial score (nSPS) is 23.6. The molecule has 4 nitrogen and oxygen atoms in total. The summed E-state index contributed by atoms with van der Waals surface area (Å²) in [6.07, 6.45) is 1.14. The Bertz CT molecular complexity index is 453. The Hall–Kier alpha value is -0.780. The zero-order valence-corrected chi connectivity index (χ0v) is 13.2. The van der Waals surface area contributed by atoms with Crippen molar-refractivity contribution in [3.63, 3.8) is 0 Å². The average molecular weight is 329 g/mol. The molecule has 1 aliphatic rings. The van der Waals surface area contributed by atoms with Gasteiger partial charge < -0.3 is 15.2 Å². The molecule has 1 saturated heterocycles. The van der Waals surface area contributed by atoms with Crippen LogP contribution in [0.3, 0.4) is 0 Å². The minimum Gasteiger partial charge on any atom is -0.493 e. The van der Waals surface area contributed by atoms with E-state index in [1.807, 2.05) is 6.07 Å². The summed E-state index contributed by atoms with van der Waals surface area (Å²) < 4.78 is 11.8. The lowest BCUT2D eigenvalue weighted by molar-refractivity contribution is 0.277. The number of likely N-dealkylation sites (tertiary alicyclic amines) is 1. The van der Waals surface area contributed by atoms with Gasteiger partial charge in [-0.15, -0.1) is 0 Å². The number of nitrogens with two attached hydrogens (primary N) is 1. The van der Waals surface area contributed by atoms with E-state index in [-0.39, 0.29) is 0 Å². The van der Waals surface area contributed by atoms with Crippen LogP contribution in [0, 0.1) is 5.92 Å². The summed E-state index contributed by atoms with van der Waals surface area (Å²) >= 11 is 3.64. The number of ether oxygens (including phenoxy) is 2. The van der Waals surface area contributed by atoms with Crippen molar-refractivity contribution in [2.45, 2.75) is 12.5 Å². The van der Waals surface area contributed by atoms with Gasteiger partial charge in [0.05, 0.1) is 14.2 Å². The second kappa shape index (κ2) is 6.11. The number of rotatable bonds is 4. The quantitative estimate of drug-likeness (QED) is 0.922. The zero-order chi connectivity index (χ0) is 14.0. The van der Waals surface area contributed by atoms with Crippen LogP contribution in [0.2, 0.25) is 0 Å². The fourth-order valence-electron chi connectivity index (χ4n) is 2.86. The van der Waals surface area contributed by atoms with E-state index in [0.717, 1.165) is 28.9 Å². The van der Waals surface area contributed by atoms with E-state index in [1.165, 1.54) is 5.56 Å². The monoisotopic (exact) mass is 328 g/mol. The molecule has 0 bridgehead atoms. The van der Waals surface area contributed by atoms with Gasteiger partial charge in [-0.1, -0.05) is 15.9 Å². The van der Waals surface area contributed by atoms with Crippen LogP contribution in [-0.2, 0) is 0 Å². The summed E-state index contributed by atoms with van der Waals surface area (Å²) in [5.74, 6) is 1.99. The van der Waals surface area contributed by atoms with Crippen molar-refractivity contribution in [3.8, 4) is 11.5 Å². The van der Waals surface area contributed by atoms with Gasteiger partial charge >= 0.3 is 0 Å². The third kappa shape index (κ3) is 2.73. The highest BCUT2D eigenvalue weighted by Crippen LogP contribution is 2.43. The highest BCUT2D eigenvalue weighted by molar-refractivity contribution is 9.10. The lowest BCUT2D eigenvalue weighted by atomic mass is 9.93. The maximum atomic E-state index is 5.90. The van der Waals surface area contributed by atoms with Gasteiger partial charge in [0.15, 0.2) is 11.5 Å². The molecule has 0 saturated carbocycles. The van der Waals surface area contributed by atoms with Gasteiger partial charge in [-0.25, -0.2) is 0 Å². The number of hydrogen-bond acceptors (Lipinski definition) is 4. The number of benzene rings is 1. The molecule has 1 fully saturated rings. The van der Waals surface area contributed by atoms with E-state index in [1.54, 1.807) is 14.2 Å². The minimum absolute atomic E-state index is 0.333. The van der Waals surface area contributed by atoms with E-state index in [2.05, 4.69) is 33.9 Å². The number of nitrogens with zero attached hydrogens (tertiary/aromatic N) is 1. The van der Waals surface area contributed by atoms with E-state index in [0.29, 0.717) is 18.5 Å². The first-order valence-corrected chi connectivity index (χ1v) is 7.23. The Morgan fingerprint density at radius 1 is 1.32 bits per heavy atom. The van der Waals surface area contributed by atoms with Gasteiger partial charge in [0.2, 0.25) is 0 Å². The van der Waals surface area contributed by atoms with Crippen LogP contribution < -0.4 is 15.2 Å². The molecule has 0 amide bonds. The van der Waals surface area contributed by atoms with Crippen molar-refractivity contribution in [2.75, 3.05) is 34.4 Å². The molecule has 19 heavy (non-hydrogen) atoms. The second-order valence-corrected chi connectivity index (χ2v) is 5.79. The van der Waals surface area contributed by atoms with Crippen LogP contribution >= 0.6 is 15.9 Å². The molecule has 2 N–H and O–H groups in total. The topological polar surface area (TPSA) is 47.7 Å². The summed E-state index contributed by atoms with van der Waals surface area (Å²) in [4.78, 5) is 2.35. The Morgan fingerprint density at radius 2 is 1.95 bits per heavy atom. The largest absolute Gasteiger partial charge is 0.493 e. The van der Waals surface area contributed by atoms with Gasteiger partial charge in [-0.05, 0) is 50.2 Å². The maximum absolute atomic E-state index is 5.90. The van der Waals surface area contributed by atoms with Gasteiger partial charge in [-0.3, -0.25) is 4.90 Å². The Labute approximate surface area is 123 Å². The molecular weight excluding hydrogens is 308 g/mol. The lowest BCUT2D eigenvalue weighted by Gasteiger charge is -2.26. The van der Waals surface area contributed by atoms with Crippen molar-refractivity contribution in [1.29, 1.82) is 0 Å². The minimum atomic E-state index is 0.333. The zero-order valence-electron chi connectivity index (χ0n) is 11.6. The first-order chi connectivity index (χ1) is 9.12. The van der Waals surface area contributed by atoms with Crippen LogP contribution in [-0.4, -0.2) is 39.3 Å². The van der Waals surface area contributed by atoms with Gasteiger partial charge in [-0.2, -0.15) is 0 Å². The van der Waals surface area contributed by atoms with Crippen molar-refractivity contribution in [2.24, 2.45) is 11.7 Å². The van der Waals surface area contributed by atoms with E-state index in [4.69, 9.17) is 15.2 Å². The summed E-state index contributed by atoms with van der Waals surface area (Å²) in [5.41, 5.74) is 7.12. The van der Waals surface area contributed by atoms with Crippen molar-refractivity contribution < 1.29 is 9.47 Å². The number of hydrogen-bond donors (Lipinski definition) is 1. The molecule has 5 heteroatoms. The van der Waals surface area contributed by atoms with Gasteiger partial charge in [0, 0.05) is 10.5 Å². The fraction of sp³-hybridized carbons (Fsp3) is 0.571. The first kappa shape index (κ1) is 14.6. The third-order valence-corrected chi connectivity index (χ3v) is 4.59. The van der Waals surface area contributed by atoms with Crippen molar-refractivity contribution >= 4 is 15.9 Å². The second-order valence-electron chi connectivity index (χ2n) is 4.94. The molecule has 1 aromatic rings. The molecule has 1 aromatic carbocycles. The van der Waals surface area contributed by atoms with E-state index < -0.39 is 0 Å². The van der Waals surface area contributed by atoms with E-state index >= 15 is 0 Å². The summed E-state index contributed by atoms with van der Waals surface area (Å²) in [6, 6.07) is 4.35. The molecule has 106 valence electrons. The molecule has 2 rings (SSSR count). The van der Waals surface area contributed by atoms with Crippen LogP contribution in [0.1, 0.15) is 18.0 Å². The predicted octanol–water partition coefficient (Wildman–Crippen LogP) is 2.42. The summed E-state index contributed by atoms with van der Waals surface area (Å²) in [5, 5.41) is 0. The molecule has 0 aliphatic carbocycles. The average Bonchev–Trinajstić information content (AvgIpc) is 2.79. The fourth-order valence-corrected chi connectivity index (χ4v) is 3.42. The standard InChI is InChI=1S/C14H21BrN2O2/c1-17-5-4-9(8-16)14(17)10-6-12(18-2)13(19-3)7-11(10)15/h6-7,9,14H,4-5,8,16H2,1-3H3. The van der Waals surface area contributed by atoms with E-state index in [9.17, 15) is 0 Å². The predicted molar refractivity (Wildman–Crippen MR) is 79.8 cm³/mol. The highest BCUT2D eigenvalue weighted by Gasteiger charge is 2.33. The van der Waals surface area contributed by atoms with Crippen LogP contribution in [0.15, 0.2) is 16.6 Å². The molecule has 0 spiro atoms. The smallest absolute Gasteiger partial charge is 0.161 e. The molecule has 2 unspecified atom stereocenters. The third-order valence-electron chi connectivity index (χ3n) is 3.90.